The maximum Gasteiger partial charge on any atom is 0.233 e. The van der Waals surface area contributed by atoms with Gasteiger partial charge >= 0.3 is 0 Å². The summed E-state index contributed by atoms with van der Waals surface area (Å²) >= 11 is 0. The molecule has 0 spiro atoms. The van der Waals surface area contributed by atoms with Crippen molar-refractivity contribution in [3.63, 3.8) is 0 Å². The molecule has 1 aliphatic carbocycles. The van der Waals surface area contributed by atoms with Crippen molar-refractivity contribution >= 4 is 5.91 Å². The Morgan fingerprint density at radius 1 is 1.32 bits per heavy atom. The number of carbonyl (C=O) groups is 1. The Labute approximate surface area is 115 Å². The van der Waals surface area contributed by atoms with Crippen molar-refractivity contribution in [3.8, 4) is 0 Å². The van der Waals surface area contributed by atoms with Crippen molar-refractivity contribution in [2.24, 2.45) is 11.7 Å². The molecule has 1 aliphatic rings. The van der Waals surface area contributed by atoms with Gasteiger partial charge in [0.15, 0.2) is 0 Å². The predicted octanol–water partition coefficient (Wildman–Crippen LogP) is 2.16. The van der Waals surface area contributed by atoms with Crippen LogP contribution in [-0.4, -0.2) is 30.4 Å². The first-order valence-electron chi connectivity index (χ1n) is 7.25. The van der Waals surface area contributed by atoms with Gasteiger partial charge in [-0.3, -0.25) is 4.79 Å². The molecule has 0 bridgehead atoms. The van der Waals surface area contributed by atoms with Gasteiger partial charge in [0.2, 0.25) is 5.91 Å². The minimum Gasteiger partial charge on any atom is -0.342 e. The minimum absolute atomic E-state index is 0.280. The second-order valence-corrected chi connectivity index (χ2v) is 5.29. The van der Waals surface area contributed by atoms with Gasteiger partial charge in [-0.25, -0.2) is 0 Å². The Morgan fingerprint density at radius 2 is 1.95 bits per heavy atom. The summed E-state index contributed by atoms with van der Waals surface area (Å²) in [4.78, 5) is 14.8. The van der Waals surface area contributed by atoms with Crippen LogP contribution in [0.5, 0.6) is 0 Å². The van der Waals surface area contributed by atoms with Gasteiger partial charge in [-0.15, -0.1) is 0 Å². The second-order valence-electron chi connectivity index (χ2n) is 5.29. The van der Waals surface area contributed by atoms with Crippen molar-refractivity contribution in [1.29, 1.82) is 0 Å². The molecule has 0 aliphatic heterocycles. The zero-order chi connectivity index (χ0) is 13.9. The summed E-state index contributed by atoms with van der Waals surface area (Å²) in [5.41, 5.74) is 6.54. The van der Waals surface area contributed by atoms with E-state index in [4.69, 9.17) is 5.73 Å². The first-order chi connectivity index (χ1) is 9.20. The molecular weight excluding hydrogens is 236 g/mol. The van der Waals surface area contributed by atoms with Crippen LogP contribution in [0, 0.1) is 5.92 Å². The highest BCUT2D eigenvalue weighted by Crippen LogP contribution is 2.57. The van der Waals surface area contributed by atoms with Crippen LogP contribution in [0.2, 0.25) is 0 Å². The molecule has 0 aromatic heterocycles. The summed E-state index contributed by atoms with van der Waals surface area (Å²) in [6.45, 7) is 6.30. The van der Waals surface area contributed by atoms with E-state index in [0.717, 1.165) is 31.5 Å². The molecule has 3 heteroatoms. The lowest BCUT2D eigenvalue weighted by Crippen LogP contribution is -2.40. The van der Waals surface area contributed by atoms with Gasteiger partial charge in [-0.05, 0) is 44.7 Å². The topological polar surface area (TPSA) is 46.3 Å². The van der Waals surface area contributed by atoms with Crippen LogP contribution < -0.4 is 5.73 Å². The third-order valence-electron chi connectivity index (χ3n) is 4.34. The molecule has 19 heavy (non-hydrogen) atoms. The van der Waals surface area contributed by atoms with Crippen LogP contribution in [0.3, 0.4) is 0 Å². The fourth-order valence-corrected chi connectivity index (χ4v) is 3.15. The molecule has 2 rings (SSSR count). The number of hydrogen-bond acceptors (Lipinski definition) is 2. The Kier molecular flexibility index (Phi) is 4.25. The van der Waals surface area contributed by atoms with Gasteiger partial charge in [0.05, 0.1) is 5.41 Å². The zero-order valence-electron chi connectivity index (χ0n) is 11.9. The van der Waals surface area contributed by atoms with Gasteiger partial charge in [-0.1, -0.05) is 30.3 Å². The number of benzene rings is 1. The summed E-state index contributed by atoms with van der Waals surface area (Å²) in [6.07, 6.45) is 1.88. The highest BCUT2D eigenvalue weighted by molar-refractivity contribution is 5.92. The number of amides is 1. The number of nitrogens with zero attached hydrogens (tertiary/aromatic N) is 1. The van der Waals surface area contributed by atoms with E-state index >= 15 is 0 Å². The van der Waals surface area contributed by atoms with Crippen molar-refractivity contribution in [1.82, 2.24) is 4.90 Å². The number of rotatable bonds is 6. The first-order valence-corrected chi connectivity index (χ1v) is 7.25. The summed E-state index contributed by atoms with van der Waals surface area (Å²) in [5, 5.41) is 0. The molecule has 0 heterocycles. The quantitative estimate of drug-likeness (QED) is 0.852. The van der Waals surface area contributed by atoms with Crippen LogP contribution in [0.4, 0.5) is 0 Å². The third-order valence-corrected chi connectivity index (χ3v) is 4.34. The van der Waals surface area contributed by atoms with E-state index in [1.807, 2.05) is 36.9 Å². The number of nitrogens with two attached hydrogens (primary N) is 1. The maximum absolute atomic E-state index is 12.9. The van der Waals surface area contributed by atoms with E-state index in [-0.39, 0.29) is 11.3 Å². The normalized spacial score (nSPS) is 25.1. The summed E-state index contributed by atoms with van der Waals surface area (Å²) in [5.74, 6) is 0.690. The monoisotopic (exact) mass is 260 g/mol. The van der Waals surface area contributed by atoms with Crippen molar-refractivity contribution < 1.29 is 4.79 Å². The van der Waals surface area contributed by atoms with Gasteiger partial charge in [0.1, 0.15) is 0 Å². The Bertz CT molecular complexity index is 428. The first kappa shape index (κ1) is 14.1. The third kappa shape index (κ3) is 2.39. The molecule has 0 radical (unpaired) electrons. The molecule has 1 aromatic rings. The second kappa shape index (κ2) is 5.74. The summed E-state index contributed by atoms with van der Waals surface area (Å²) in [6, 6.07) is 10.2. The van der Waals surface area contributed by atoms with Crippen molar-refractivity contribution in [2.75, 3.05) is 19.6 Å². The van der Waals surface area contributed by atoms with Crippen LogP contribution >= 0.6 is 0 Å². The average molecular weight is 260 g/mol. The highest BCUT2D eigenvalue weighted by Gasteiger charge is 2.61. The molecule has 1 aromatic carbocycles. The van der Waals surface area contributed by atoms with Gasteiger partial charge in [-0.2, -0.15) is 0 Å². The van der Waals surface area contributed by atoms with E-state index < -0.39 is 0 Å². The van der Waals surface area contributed by atoms with Gasteiger partial charge < -0.3 is 10.6 Å². The number of likely N-dealkylation sites (N-methyl/N-ethyl adjacent to an activating group) is 1. The number of carbonyl (C=O) groups excluding carboxylic acids is 1. The lowest BCUT2D eigenvalue weighted by molar-refractivity contribution is -0.134. The Morgan fingerprint density at radius 3 is 2.47 bits per heavy atom. The van der Waals surface area contributed by atoms with Gasteiger partial charge in [0, 0.05) is 13.1 Å². The molecule has 1 amide bonds. The van der Waals surface area contributed by atoms with E-state index in [1.54, 1.807) is 0 Å². The number of hydrogen-bond donors (Lipinski definition) is 1. The molecular formula is C16H24N2O. The van der Waals surface area contributed by atoms with Crippen LogP contribution in [-0.2, 0) is 10.2 Å². The van der Waals surface area contributed by atoms with E-state index in [1.165, 1.54) is 0 Å². The largest absolute Gasteiger partial charge is 0.342 e. The van der Waals surface area contributed by atoms with Crippen molar-refractivity contribution in [2.45, 2.75) is 32.1 Å². The van der Waals surface area contributed by atoms with Gasteiger partial charge in [0.25, 0.3) is 0 Å². The molecule has 2 atom stereocenters. The maximum atomic E-state index is 12.9. The van der Waals surface area contributed by atoms with Crippen LogP contribution in [0.1, 0.15) is 32.3 Å². The molecule has 1 fully saturated rings. The van der Waals surface area contributed by atoms with Crippen LogP contribution in [0.25, 0.3) is 0 Å². The predicted molar refractivity (Wildman–Crippen MR) is 77.8 cm³/mol. The minimum atomic E-state index is -0.299. The Hall–Kier alpha value is -1.35. The van der Waals surface area contributed by atoms with E-state index in [0.29, 0.717) is 12.5 Å². The molecule has 3 nitrogen and oxygen atoms in total. The summed E-state index contributed by atoms with van der Waals surface area (Å²) in [7, 11) is 0. The molecule has 0 saturated heterocycles. The average Bonchev–Trinajstić information content (AvgIpc) is 3.17. The summed E-state index contributed by atoms with van der Waals surface area (Å²) < 4.78 is 0. The molecule has 104 valence electrons. The standard InChI is InChI=1S/C16H24N2O/c1-3-18(4-2)15(19)16(12-14(16)10-11-17)13-8-6-5-7-9-13/h5-9,14H,3-4,10-12,17H2,1-2H3/t14-,16-/m1/s1. The highest BCUT2D eigenvalue weighted by atomic mass is 16.2. The lowest BCUT2D eigenvalue weighted by Gasteiger charge is -2.26. The van der Waals surface area contributed by atoms with Crippen LogP contribution in [0.15, 0.2) is 30.3 Å². The smallest absolute Gasteiger partial charge is 0.233 e. The SMILES string of the molecule is CCN(CC)C(=O)[C@@]1(c2ccccc2)C[C@H]1CCN. The van der Waals surface area contributed by atoms with Crippen molar-refractivity contribution in [3.05, 3.63) is 35.9 Å². The fraction of sp³-hybridized carbons (Fsp3) is 0.562. The molecule has 1 saturated carbocycles. The van der Waals surface area contributed by atoms with E-state index in [2.05, 4.69) is 12.1 Å². The molecule has 0 unspecified atom stereocenters. The van der Waals surface area contributed by atoms with E-state index in [9.17, 15) is 4.79 Å². The zero-order valence-corrected chi connectivity index (χ0v) is 11.9. The Balaban J connectivity index is 2.30. The lowest BCUT2D eigenvalue weighted by atomic mass is 9.90. The fourth-order valence-electron chi connectivity index (χ4n) is 3.15. The molecule has 2 N–H and O–H groups in total.